The van der Waals surface area contributed by atoms with Gasteiger partial charge in [0.15, 0.2) is 11.5 Å². The van der Waals surface area contributed by atoms with E-state index in [2.05, 4.69) is 22.0 Å². The van der Waals surface area contributed by atoms with E-state index in [0.29, 0.717) is 34.9 Å². The average molecular weight is 647 g/mol. The Bertz CT molecular complexity index is 1310. The van der Waals surface area contributed by atoms with Gasteiger partial charge in [-0.15, -0.1) is 12.4 Å². The lowest BCUT2D eigenvalue weighted by Crippen LogP contribution is -2.49. The van der Waals surface area contributed by atoms with Gasteiger partial charge in [-0.2, -0.15) is 0 Å². The lowest BCUT2D eigenvalue weighted by Gasteiger charge is -2.35. The molecule has 12 heteroatoms. The molecule has 2 atom stereocenters. The third kappa shape index (κ3) is 11.3. The van der Waals surface area contributed by atoms with Crippen LogP contribution in [0.4, 0.5) is 5.69 Å². The summed E-state index contributed by atoms with van der Waals surface area (Å²) in [4.78, 5) is 27.3. The summed E-state index contributed by atoms with van der Waals surface area (Å²) >= 11 is 0. The molecule has 0 amide bonds. The maximum atomic E-state index is 12.0. The zero-order chi connectivity index (χ0) is 32.1. The number of carbonyl (C=O) groups is 1. The van der Waals surface area contributed by atoms with Gasteiger partial charge in [0.2, 0.25) is 0 Å². The predicted octanol–water partition coefficient (Wildman–Crippen LogP) is 4.91. The first-order valence-corrected chi connectivity index (χ1v) is 15.0. The summed E-state index contributed by atoms with van der Waals surface area (Å²) in [5, 5.41) is 24.2. The van der Waals surface area contributed by atoms with E-state index in [-0.39, 0.29) is 30.6 Å². The van der Waals surface area contributed by atoms with Gasteiger partial charge in [-0.1, -0.05) is 43.7 Å². The molecule has 0 bridgehead atoms. The number of rotatable bonds is 12. The van der Waals surface area contributed by atoms with Crippen molar-refractivity contribution < 1.29 is 29.0 Å². The molecule has 2 aliphatic heterocycles. The molecule has 45 heavy (non-hydrogen) atoms. The first-order valence-electron chi connectivity index (χ1n) is 15.0. The van der Waals surface area contributed by atoms with Crippen LogP contribution >= 0.6 is 12.4 Å². The Labute approximate surface area is 272 Å². The highest BCUT2D eigenvalue weighted by atomic mass is 35.5. The fraction of sp³-hybridized carbons (Fsp3) is 0.485. The molecular formula is C33H47ClN4O7. The summed E-state index contributed by atoms with van der Waals surface area (Å²) < 4.78 is 15.8. The number of carbonyl (C=O) groups excluding carboxylic acids is 1. The lowest BCUT2D eigenvalue weighted by molar-refractivity contribution is -0.384. The SMILES string of the molecule is CCCCN1CCN(CC(O)COc2ccccc2OC)CC1.COC(=O)C1=C(C)NC(C)=CC1c1cccc([N+](=O)[O-])c1.Cl. The van der Waals surface area contributed by atoms with Crippen LogP contribution in [-0.4, -0.2) is 92.0 Å². The minimum Gasteiger partial charge on any atom is -0.493 e. The zero-order valence-electron chi connectivity index (χ0n) is 26.9. The van der Waals surface area contributed by atoms with Gasteiger partial charge in [0, 0.05) is 62.2 Å². The van der Waals surface area contributed by atoms with Gasteiger partial charge in [-0.05, 0) is 44.5 Å². The van der Waals surface area contributed by atoms with Crippen LogP contribution in [0, 0.1) is 10.1 Å². The molecule has 2 aliphatic rings. The number of methoxy groups -OCH3 is 2. The van der Waals surface area contributed by atoms with Gasteiger partial charge in [0.25, 0.3) is 5.69 Å². The highest BCUT2D eigenvalue weighted by molar-refractivity contribution is 5.92. The number of para-hydroxylation sites is 2. The van der Waals surface area contributed by atoms with E-state index in [4.69, 9.17) is 14.2 Å². The Morgan fingerprint density at radius 1 is 1.07 bits per heavy atom. The van der Waals surface area contributed by atoms with E-state index in [1.807, 2.05) is 37.3 Å². The maximum Gasteiger partial charge on any atom is 0.336 e. The van der Waals surface area contributed by atoms with Crippen LogP contribution in [0.5, 0.6) is 11.5 Å². The standard InChI is InChI=1S/C18H30N2O3.C15H16N2O4.ClH/c1-3-4-9-19-10-12-20(13-11-19)14-16(21)15-23-18-8-6-5-7-17(18)22-2;1-9-7-13(14(10(2)16-9)15(18)21-3)11-5-4-6-12(8-11)17(19)20;/h5-8,16,21H,3-4,9-15H2,1-2H3;4-8,13,16H,1-3H3;1H. The number of hydrogen-bond acceptors (Lipinski definition) is 10. The molecule has 0 radical (unpaired) electrons. The number of nitrogens with one attached hydrogen (secondary N) is 1. The van der Waals surface area contributed by atoms with Crippen LogP contribution in [-0.2, 0) is 9.53 Å². The molecule has 2 unspecified atom stereocenters. The molecule has 2 aromatic rings. The third-order valence-electron chi connectivity index (χ3n) is 7.62. The van der Waals surface area contributed by atoms with Crippen LogP contribution in [0.1, 0.15) is 45.1 Å². The van der Waals surface area contributed by atoms with Crippen molar-refractivity contribution in [1.82, 2.24) is 15.1 Å². The molecule has 1 saturated heterocycles. The Kier molecular flexibility index (Phi) is 15.9. The number of unbranched alkanes of at least 4 members (excludes halogenated alkanes) is 1. The second-order valence-electron chi connectivity index (χ2n) is 10.9. The number of aliphatic hydroxyl groups is 1. The number of nitro groups is 1. The summed E-state index contributed by atoms with van der Waals surface area (Å²) in [5.41, 5.74) is 2.72. The van der Waals surface area contributed by atoms with Gasteiger partial charge >= 0.3 is 5.97 Å². The first-order chi connectivity index (χ1) is 21.2. The van der Waals surface area contributed by atoms with Crippen LogP contribution in [0.15, 0.2) is 71.6 Å². The van der Waals surface area contributed by atoms with E-state index in [1.165, 1.54) is 38.6 Å². The third-order valence-corrected chi connectivity index (χ3v) is 7.62. The van der Waals surface area contributed by atoms with Gasteiger partial charge in [0.05, 0.1) is 24.7 Å². The molecule has 2 N–H and O–H groups in total. The number of piperazine rings is 1. The molecule has 2 aromatic carbocycles. The molecule has 4 rings (SSSR count). The molecule has 1 fully saturated rings. The van der Waals surface area contributed by atoms with E-state index in [9.17, 15) is 20.0 Å². The first kappa shape index (κ1) is 37.5. The number of nitro benzene ring substituents is 1. The van der Waals surface area contributed by atoms with E-state index in [0.717, 1.165) is 31.9 Å². The van der Waals surface area contributed by atoms with Crippen molar-refractivity contribution in [2.45, 2.75) is 45.6 Å². The summed E-state index contributed by atoms with van der Waals surface area (Å²) in [6, 6.07) is 13.8. The molecule has 0 aliphatic carbocycles. The number of ether oxygens (including phenoxy) is 3. The Hall–Kier alpha value is -3.64. The van der Waals surface area contributed by atoms with Crippen molar-refractivity contribution in [3.8, 4) is 11.5 Å². The van der Waals surface area contributed by atoms with Crippen LogP contribution in [0.25, 0.3) is 0 Å². The van der Waals surface area contributed by atoms with Gasteiger partial charge < -0.3 is 29.5 Å². The number of allylic oxidation sites excluding steroid dienone is 3. The van der Waals surface area contributed by atoms with Crippen molar-refractivity contribution in [1.29, 1.82) is 0 Å². The second kappa shape index (κ2) is 19.0. The number of halogens is 1. The Balaban J connectivity index is 0.000000308. The van der Waals surface area contributed by atoms with Gasteiger partial charge in [0.1, 0.15) is 12.7 Å². The summed E-state index contributed by atoms with van der Waals surface area (Å²) in [6.07, 6.45) is 3.90. The number of hydrogen-bond donors (Lipinski definition) is 2. The van der Waals surface area contributed by atoms with Crippen LogP contribution in [0.2, 0.25) is 0 Å². The fourth-order valence-electron chi connectivity index (χ4n) is 5.31. The molecule has 248 valence electrons. The molecular weight excluding hydrogens is 600 g/mol. The maximum absolute atomic E-state index is 12.0. The monoisotopic (exact) mass is 646 g/mol. The minimum absolute atomic E-state index is 0. The lowest BCUT2D eigenvalue weighted by atomic mass is 9.86. The van der Waals surface area contributed by atoms with Gasteiger partial charge in [-0.3, -0.25) is 15.0 Å². The number of non-ortho nitro benzene ring substituents is 1. The van der Waals surface area contributed by atoms with Crippen LogP contribution in [0.3, 0.4) is 0 Å². The van der Waals surface area contributed by atoms with Gasteiger partial charge in [-0.25, -0.2) is 4.79 Å². The number of benzene rings is 2. The molecule has 0 saturated carbocycles. The van der Waals surface area contributed by atoms with Crippen LogP contribution < -0.4 is 14.8 Å². The van der Waals surface area contributed by atoms with Crippen molar-refractivity contribution in [2.24, 2.45) is 0 Å². The topological polar surface area (TPSA) is 127 Å². The molecule has 11 nitrogen and oxygen atoms in total. The Morgan fingerprint density at radius 3 is 2.36 bits per heavy atom. The summed E-state index contributed by atoms with van der Waals surface area (Å²) in [6.45, 7) is 12.3. The normalized spacial score (nSPS) is 17.5. The predicted molar refractivity (Wildman–Crippen MR) is 177 cm³/mol. The number of esters is 1. The van der Waals surface area contributed by atoms with E-state index in [1.54, 1.807) is 26.2 Å². The molecule has 0 aromatic heterocycles. The molecule has 2 heterocycles. The van der Waals surface area contributed by atoms with E-state index >= 15 is 0 Å². The molecule has 0 spiro atoms. The van der Waals surface area contributed by atoms with Crippen molar-refractivity contribution in [2.75, 3.05) is 60.1 Å². The smallest absolute Gasteiger partial charge is 0.336 e. The van der Waals surface area contributed by atoms with Crippen molar-refractivity contribution >= 4 is 24.1 Å². The fourth-order valence-corrected chi connectivity index (χ4v) is 5.31. The Morgan fingerprint density at radius 2 is 1.73 bits per heavy atom. The number of β-amino-alcohol motifs (C(OH)–C–C–N with tert-alkyl or cyclic N) is 1. The highest BCUT2D eigenvalue weighted by Crippen LogP contribution is 2.34. The van der Waals surface area contributed by atoms with Crippen molar-refractivity contribution in [3.63, 3.8) is 0 Å². The second-order valence-corrected chi connectivity index (χ2v) is 10.9. The number of aliphatic hydroxyl groups excluding tert-OH is 1. The van der Waals surface area contributed by atoms with E-state index < -0.39 is 17.0 Å². The van der Waals surface area contributed by atoms with Crippen molar-refractivity contribution in [3.05, 3.63) is 87.3 Å². The summed E-state index contributed by atoms with van der Waals surface area (Å²) in [5.74, 6) is 0.571. The summed E-state index contributed by atoms with van der Waals surface area (Å²) in [7, 11) is 2.94. The quantitative estimate of drug-likeness (QED) is 0.187. The zero-order valence-corrected chi connectivity index (χ0v) is 27.7. The highest BCUT2D eigenvalue weighted by Gasteiger charge is 2.28. The largest absolute Gasteiger partial charge is 0.493 e. The number of dihydropyridines is 1. The average Bonchev–Trinajstić information content (AvgIpc) is 3.03. The number of nitrogens with zero attached hydrogens (tertiary/aromatic N) is 3. The minimum atomic E-state index is -0.484.